The highest BCUT2D eigenvalue weighted by molar-refractivity contribution is 5.97. The SMILES string of the molecule is Cc1cccc2cccc(N3CCc4c(nc(OCCN(C)C)nc4N4C=C(CC#N)NCC4)C3)c12. The number of fused-ring (bicyclic) bond motifs is 2. The molecule has 0 saturated carbocycles. The summed E-state index contributed by atoms with van der Waals surface area (Å²) in [6.45, 7) is 6.62. The quantitative estimate of drug-likeness (QED) is 0.546. The minimum absolute atomic E-state index is 0.351. The van der Waals surface area contributed by atoms with Gasteiger partial charge in [-0.2, -0.15) is 15.2 Å². The summed E-state index contributed by atoms with van der Waals surface area (Å²) in [5, 5.41) is 15.1. The lowest BCUT2D eigenvalue weighted by Crippen LogP contribution is -2.38. The first-order valence-corrected chi connectivity index (χ1v) is 12.5. The highest BCUT2D eigenvalue weighted by atomic mass is 16.5. The molecule has 0 amide bonds. The van der Waals surface area contributed by atoms with Gasteiger partial charge in [-0.3, -0.25) is 0 Å². The molecule has 0 radical (unpaired) electrons. The molecule has 3 aromatic rings. The van der Waals surface area contributed by atoms with Crippen molar-refractivity contribution in [1.82, 2.24) is 20.2 Å². The number of anilines is 2. The highest BCUT2D eigenvalue weighted by Gasteiger charge is 2.27. The van der Waals surface area contributed by atoms with Gasteiger partial charge in [0.2, 0.25) is 0 Å². The highest BCUT2D eigenvalue weighted by Crippen LogP contribution is 2.35. The van der Waals surface area contributed by atoms with Crippen molar-refractivity contribution in [2.45, 2.75) is 26.3 Å². The van der Waals surface area contributed by atoms with Gasteiger partial charge >= 0.3 is 6.01 Å². The van der Waals surface area contributed by atoms with Gasteiger partial charge in [0.1, 0.15) is 12.4 Å². The fourth-order valence-electron chi connectivity index (χ4n) is 4.98. The maximum atomic E-state index is 9.18. The number of benzene rings is 2. The zero-order chi connectivity index (χ0) is 25.1. The molecule has 8 heteroatoms. The van der Waals surface area contributed by atoms with Crippen molar-refractivity contribution in [3.05, 3.63) is 65.1 Å². The average molecular weight is 484 g/mol. The van der Waals surface area contributed by atoms with Crippen LogP contribution >= 0.6 is 0 Å². The number of aryl methyl sites for hydroxylation is 1. The van der Waals surface area contributed by atoms with E-state index >= 15 is 0 Å². The predicted molar refractivity (Wildman–Crippen MR) is 143 cm³/mol. The Bertz CT molecular complexity index is 1320. The molecule has 0 atom stereocenters. The fourth-order valence-corrected chi connectivity index (χ4v) is 4.98. The van der Waals surface area contributed by atoms with Crippen molar-refractivity contribution in [3.63, 3.8) is 0 Å². The molecule has 2 aromatic carbocycles. The molecule has 2 aliphatic rings. The monoisotopic (exact) mass is 483 g/mol. The minimum atomic E-state index is 0.351. The molecule has 0 aliphatic carbocycles. The molecular formula is C28H33N7O. The molecule has 186 valence electrons. The Kier molecular flexibility index (Phi) is 6.92. The van der Waals surface area contributed by atoms with Gasteiger partial charge in [-0.1, -0.05) is 30.3 Å². The predicted octanol–water partition coefficient (Wildman–Crippen LogP) is 3.61. The van der Waals surface area contributed by atoms with Crippen molar-refractivity contribution in [2.24, 2.45) is 0 Å². The summed E-state index contributed by atoms with van der Waals surface area (Å²) in [4.78, 5) is 16.4. The Morgan fingerprint density at radius 1 is 1.14 bits per heavy atom. The second-order valence-electron chi connectivity index (χ2n) is 9.64. The summed E-state index contributed by atoms with van der Waals surface area (Å²) >= 11 is 0. The van der Waals surface area contributed by atoms with E-state index in [0.29, 0.717) is 25.6 Å². The van der Waals surface area contributed by atoms with E-state index in [-0.39, 0.29) is 0 Å². The molecule has 1 N–H and O–H groups in total. The fraction of sp³-hybridized carbons (Fsp3) is 0.393. The molecule has 0 fully saturated rings. The normalized spacial score (nSPS) is 15.4. The number of nitriles is 1. The van der Waals surface area contributed by atoms with E-state index in [1.165, 1.54) is 22.0 Å². The third-order valence-electron chi connectivity index (χ3n) is 6.78. The Morgan fingerprint density at radius 3 is 2.78 bits per heavy atom. The van der Waals surface area contributed by atoms with Crippen LogP contribution < -0.4 is 19.9 Å². The molecule has 3 heterocycles. The smallest absolute Gasteiger partial charge is 0.318 e. The van der Waals surface area contributed by atoms with Crippen LogP contribution in [0.4, 0.5) is 11.5 Å². The van der Waals surface area contributed by atoms with E-state index in [0.717, 1.165) is 55.4 Å². The van der Waals surface area contributed by atoms with Crippen LogP contribution in [0.25, 0.3) is 10.8 Å². The van der Waals surface area contributed by atoms with Crippen molar-refractivity contribution < 1.29 is 4.74 Å². The number of hydrogen-bond acceptors (Lipinski definition) is 8. The number of hydrogen-bond donors (Lipinski definition) is 1. The minimum Gasteiger partial charge on any atom is -0.462 e. The lowest BCUT2D eigenvalue weighted by Gasteiger charge is -2.34. The van der Waals surface area contributed by atoms with E-state index < -0.39 is 0 Å². The Hall–Kier alpha value is -3.83. The molecule has 0 unspecified atom stereocenters. The van der Waals surface area contributed by atoms with E-state index in [2.05, 4.69) is 69.4 Å². The van der Waals surface area contributed by atoms with Crippen LogP contribution in [-0.4, -0.2) is 61.7 Å². The van der Waals surface area contributed by atoms with Gasteiger partial charge in [0.15, 0.2) is 0 Å². The Balaban J connectivity index is 1.52. The third-order valence-corrected chi connectivity index (χ3v) is 6.78. The summed E-state index contributed by atoms with van der Waals surface area (Å²) in [6.07, 6.45) is 3.21. The maximum absolute atomic E-state index is 9.18. The number of nitrogens with one attached hydrogen (secondary N) is 1. The molecule has 0 bridgehead atoms. The zero-order valence-corrected chi connectivity index (χ0v) is 21.3. The zero-order valence-electron chi connectivity index (χ0n) is 21.3. The lowest BCUT2D eigenvalue weighted by molar-refractivity contribution is 0.244. The average Bonchev–Trinajstić information content (AvgIpc) is 2.88. The van der Waals surface area contributed by atoms with E-state index in [1.54, 1.807) is 0 Å². The van der Waals surface area contributed by atoms with Crippen LogP contribution in [0.5, 0.6) is 6.01 Å². The van der Waals surface area contributed by atoms with Crippen molar-refractivity contribution in [3.8, 4) is 12.1 Å². The summed E-state index contributed by atoms with van der Waals surface area (Å²) in [7, 11) is 4.05. The summed E-state index contributed by atoms with van der Waals surface area (Å²) in [5.41, 5.74) is 5.60. The molecule has 8 nitrogen and oxygen atoms in total. The molecule has 2 aliphatic heterocycles. The third kappa shape index (κ3) is 4.93. The van der Waals surface area contributed by atoms with Crippen molar-refractivity contribution in [1.29, 1.82) is 5.26 Å². The summed E-state index contributed by atoms with van der Waals surface area (Å²) in [5.74, 6) is 0.894. The Labute approximate surface area is 212 Å². The van der Waals surface area contributed by atoms with Gasteiger partial charge < -0.3 is 24.8 Å². The molecule has 5 rings (SSSR count). The van der Waals surface area contributed by atoms with E-state index in [1.807, 2.05) is 20.3 Å². The lowest BCUT2D eigenvalue weighted by atomic mass is 10.00. The van der Waals surface area contributed by atoms with Crippen LogP contribution in [0.1, 0.15) is 23.2 Å². The van der Waals surface area contributed by atoms with E-state index in [9.17, 15) is 5.26 Å². The number of likely N-dealkylation sites (N-methyl/N-ethyl adjacent to an activating group) is 1. The van der Waals surface area contributed by atoms with Gasteiger partial charge in [-0.05, 0) is 44.5 Å². The molecule has 1 aromatic heterocycles. The first-order valence-electron chi connectivity index (χ1n) is 12.5. The molecule has 0 saturated heterocycles. The van der Waals surface area contributed by atoms with Crippen LogP contribution in [0.2, 0.25) is 0 Å². The first-order chi connectivity index (χ1) is 17.5. The molecule has 36 heavy (non-hydrogen) atoms. The summed E-state index contributed by atoms with van der Waals surface area (Å²) in [6, 6.07) is 15.6. The molecular weight excluding hydrogens is 450 g/mol. The van der Waals surface area contributed by atoms with Crippen LogP contribution in [-0.2, 0) is 13.0 Å². The van der Waals surface area contributed by atoms with Gasteiger partial charge in [-0.15, -0.1) is 0 Å². The van der Waals surface area contributed by atoms with E-state index in [4.69, 9.17) is 14.7 Å². The van der Waals surface area contributed by atoms with Crippen molar-refractivity contribution >= 4 is 22.3 Å². The number of allylic oxidation sites excluding steroid dienone is 1. The second-order valence-corrected chi connectivity index (χ2v) is 9.64. The Morgan fingerprint density at radius 2 is 1.97 bits per heavy atom. The van der Waals surface area contributed by atoms with Gasteiger partial charge in [0.05, 0.1) is 24.7 Å². The first kappa shape index (κ1) is 23.9. The maximum Gasteiger partial charge on any atom is 0.318 e. The number of rotatable bonds is 7. The van der Waals surface area contributed by atoms with Crippen LogP contribution in [0, 0.1) is 18.3 Å². The van der Waals surface area contributed by atoms with Gasteiger partial charge in [0, 0.05) is 54.7 Å². The number of aromatic nitrogens is 2. The number of nitrogens with zero attached hydrogens (tertiary/aromatic N) is 6. The van der Waals surface area contributed by atoms with Crippen molar-refractivity contribution in [2.75, 3.05) is 56.7 Å². The molecule has 0 spiro atoms. The van der Waals surface area contributed by atoms with Gasteiger partial charge in [-0.25, -0.2) is 0 Å². The van der Waals surface area contributed by atoms with Gasteiger partial charge in [0.25, 0.3) is 0 Å². The van der Waals surface area contributed by atoms with Crippen LogP contribution in [0.3, 0.4) is 0 Å². The second kappa shape index (κ2) is 10.4. The standard InChI is InChI=1S/C28H33N7O/c1-20-6-4-7-21-8-5-9-25(26(20)21)34-14-11-23-24(19-34)31-28(36-17-16-33(2)3)32-27(23)35-15-13-30-22(18-35)10-12-29/h4-9,18,30H,10-11,13-17,19H2,1-3H3. The number of ether oxygens (including phenoxy) is 1. The largest absolute Gasteiger partial charge is 0.462 e. The summed E-state index contributed by atoms with van der Waals surface area (Å²) < 4.78 is 6.02. The van der Waals surface area contributed by atoms with Crippen LogP contribution in [0.15, 0.2) is 48.3 Å². The topological polar surface area (TPSA) is 80.6 Å².